The number of rotatable bonds is 6. The summed E-state index contributed by atoms with van der Waals surface area (Å²) in [7, 11) is 2.01. The Balaban J connectivity index is 1.15. The minimum Gasteiger partial charge on any atom is -0.383 e. The van der Waals surface area contributed by atoms with Crippen molar-refractivity contribution in [3.05, 3.63) is 114 Å². The lowest BCUT2D eigenvalue weighted by molar-refractivity contribution is 0.249. The highest BCUT2D eigenvalue weighted by Gasteiger charge is 2.38. The summed E-state index contributed by atoms with van der Waals surface area (Å²) in [5.74, 6) is 1.83. The van der Waals surface area contributed by atoms with Gasteiger partial charge in [-0.25, -0.2) is 24.3 Å². The van der Waals surface area contributed by atoms with Crippen molar-refractivity contribution in [2.24, 2.45) is 0 Å². The maximum atomic E-state index is 14.8. The first-order valence-electron chi connectivity index (χ1n) is 14.8. The highest BCUT2D eigenvalue weighted by atomic mass is 19.1. The van der Waals surface area contributed by atoms with Gasteiger partial charge in [-0.05, 0) is 60.2 Å². The van der Waals surface area contributed by atoms with E-state index in [0.717, 1.165) is 61.3 Å². The van der Waals surface area contributed by atoms with E-state index >= 15 is 0 Å². The van der Waals surface area contributed by atoms with Crippen molar-refractivity contribution in [2.45, 2.75) is 12.7 Å². The van der Waals surface area contributed by atoms with Crippen LogP contribution in [0.1, 0.15) is 23.1 Å². The first-order valence-corrected chi connectivity index (χ1v) is 14.8. The summed E-state index contributed by atoms with van der Waals surface area (Å²) in [5.41, 5.74) is 11.3. The molecule has 2 aliphatic heterocycles. The van der Waals surface area contributed by atoms with Gasteiger partial charge < -0.3 is 15.5 Å². The number of fused-ring (bicyclic) bond motifs is 1. The highest BCUT2D eigenvalue weighted by molar-refractivity contribution is 5.84. The number of benzene rings is 2. The number of hydrogen-bond acceptors (Lipinski definition) is 10. The van der Waals surface area contributed by atoms with Gasteiger partial charge in [-0.3, -0.25) is 9.80 Å². The van der Waals surface area contributed by atoms with Crippen molar-refractivity contribution in [2.75, 3.05) is 53.7 Å². The number of nitrogens with two attached hydrogens (primary N) is 1. The van der Waals surface area contributed by atoms with E-state index in [1.165, 1.54) is 11.6 Å². The Hall–Kier alpha value is -5.60. The third-order valence-corrected chi connectivity index (χ3v) is 8.43. The first kappa shape index (κ1) is 28.2. The molecular weight excluding hydrogens is 567 g/mol. The normalized spacial score (nSPS) is 16.5. The van der Waals surface area contributed by atoms with Crippen molar-refractivity contribution < 1.29 is 4.39 Å². The molecule has 1 atom stereocenters. The summed E-state index contributed by atoms with van der Waals surface area (Å²) < 4.78 is 14.8. The monoisotopic (exact) mass is 598 g/mol. The van der Waals surface area contributed by atoms with Gasteiger partial charge in [-0.1, -0.05) is 24.3 Å². The van der Waals surface area contributed by atoms with Crippen LogP contribution in [-0.4, -0.2) is 58.1 Å². The van der Waals surface area contributed by atoms with E-state index in [1.54, 1.807) is 24.5 Å². The molecule has 2 N–H and O–H groups in total. The largest absolute Gasteiger partial charge is 0.383 e. The van der Waals surface area contributed by atoms with E-state index in [2.05, 4.69) is 58.8 Å². The number of anilines is 5. The molecule has 2 aromatic carbocycles. The van der Waals surface area contributed by atoms with E-state index in [0.29, 0.717) is 17.1 Å². The second-order valence-corrected chi connectivity index (χ2v) is 11.1. The molecule has 2 aliphatic rings. The van der Waals surface area contributed by atoms with Gasteiger partial charge in [0.1, 0.15) is 29.7 Å². The first-order chi connectivity index (χ1) is 22.0. The van der Waals surface area contributed by atoms with E-state index in [4.69, 9.17) is 16.0 Å². The van der Waals surface area contributed by atoms with Crippen LogP contribution in [-0.2, 0) is 6.54 Å². The molecule has 3 aromatic heterocycles. The number of piperazine rings is 1. The highest BCUT2D eigenvalue weighted by Crippen LogP contribution is 2.50. The van der Waals surface area contributed by atoms with Gasteiger partial charge in [-0.15, -0.1) is 0 Å². The molecular formula is C34H31FN10. The predicted octanol–water partition coefficient (Wildman–Crippen LogP) is 5.14. The van der Waals surface area contributed by atoms with Crippen LogP contribution in [0.2, 0.25) is 0 Å². The van der Waals surface area contributed by atoms with Gasteiger partial charge in [0.25, 0.3) is 0 Å². The van der Waals surface area contributed by atoms with Crippen LogP contribution < -0.4 is 20.4 Å². The molecule has 0 amide bonds. The maximum absolute atomic E-state index is 14.8. The number of nitriles is 1. The van der Waals surface area contributed by atoms with Crippen LogP contribution in [0.25, 0.3) is 11.3 Å². The van der Waals surface area contributed by atoms with Gasteiger partial charge in [0.05, 0.1) is 11.4 Å². The zero-order chi connectivity index (χ0) is 30.9. The Morgan fingerprint density at radius 2 is 1.69 bits per heavy atom. The fourth-order valence-electron chi connectivity index (χ4n) is 6.13. The Kier molecular flexibility index (Phi) is 7.41. The van der Waals surface area contributed by atoms with Crippen molar-refractivity contribution in [3.63, 3.8) is 0 Å². The van der Waals surface area contributed by atoms with Crippen LogP contribution in [0.15, 0.2) is 91.3 Å². The summed E-state index contributed by atoms with van der Waals surface area (Å²) in [5, 5.41) is 9.14. The lowest BCUT2D eigenvalue weighted by Gasteiger charge is -2.35. The van der Waals surface area contributed by atoms with Crippen LogP contribution >= 0.6 is 0 Å². The van der Waals surface area contributed by atoms with Crippen LogP contribution in [0.3, 0.4) is 0 Å². The average molecular weight is 599 g/mol. The summed E-state index contributed by atoms with van der Waals surface area (Å²) in [6, 6.07) is 26.8. The molecule has 5 aromatic rings. The van der Waals surface area contributed by atoms with E-state index in [9.17, 15) is 4.39 Å². The average Bonchev–Trinajstić information content (AvgIpc) is 3.37. The van der Waals surface area contributed by atoms with Gasteiger partial charge in [0, 0.05) is 69.0 Å². The van der Waals surface area contributed by atoms with Gasteiger partial charge in [0.15, 0.2) is 5.82 Å². The molecule has 0 aliphatic carbocycles. The Morgan fingerprint density at radius 3 is 2.44 bits per heavy atom. The molecule has 0 bridgehead atoms. The number of nitrogens with zero attached hydrogens (tertiary/aromatic N) is 9. The van der Waals surface area contributed by atoms with Crippen molar-refractivity contribution in [1.29, 1.82) is 5.26 Å². The van der Waals surface area contributed by atoms with E-state index in [1.807, 2.05) is 49.5 Å². The third kappa shape index (κ3) is 5.36. The van der Waals surface area contributed by atoms with Gasteiger partial charge in [-0.2, -0.15) is 5.26 Å². The standard InChI is InChI=1S/C34H31FN10/c1-42-29-13-12-28(25-5-2-3-7-27(25)35)40-33(29)45(34(42)26-6-4-15-39-32(26)37)24-10-8-23(9-11-24)22-43-17-19-44(20-18-43)31-14-16-38-30(21-36)41-31/h2-16,34H,17-20,22H2,1H3,(H2,37,39). The van der Waals surface area contributed by atoms with Crippen LogP contribution in [0.5, 0.6) is 0 Å². The Bertz CT molecular complexity index is 1880. The number of pyridine rings is 2. The number of aromatic nitrogens is 4. The van der Waals surface area contributed by atoms with Gasteiger partial charge in [0.2, 0.25) is 5.82 Å². The quantitative estimate of drug-likeness (QED) is 0.282. The molecule has 10 nitrogen and oxygen atoms in total. The molecule has 45 heavy (non-hydrogen) atoms. The van der Waals surface area contributed by atoms with Crippen LogP contribution in [0.4, 0.5) is 33.2 Å². The lowest BCUT2D eigenvalue weighted by atomic mass is 10.1. The van der Waals surface area contributed by atoms with Crippen molar-refractivity contribution in [3.8, 4) is 17.3 Å². The SMILES string of the molecule is CN1c2ccc(-c3ccccc3F)nc2N(c2ccc(CN3CCN(c4ccnc(C#N)n4)CC3)cc2)C1c1cccnc1N. The fourth-order valence-corrected chi connectivity index (χ4v) is 6.13. The zero-order valence-electron chi connectivity index (χ0n) is 24.8. The molecule has 0 spiro atoms. The smallest absolute Gasteiger partial charge is 0.234 e. The molecule has 7 rings (SSSR count). The van der Waals surface area contributed by atoms with E-state index < -0.39 is 0 Å². The van der Waals surface area contributed by atoms with Crippen molar-refractivity contribution in [1.82, 2.24) is 24.8 Å². The molecule has 1 unspecified atom stereocenters. The van der Waals surface area contributed by atoms with Crippen LogP contribution in [0, 0.1) is 17.1 Å². The second-order valence-electron chi connectivity index (χ2n) is 11.1. The van der Waals surface area contributed by atoms with Gasteiger partial charge >= 0.3 is 0 Å². The summed E-state index contributed by atoms with van der Waals surface area (Å²) in [4.78, 5) is 26.6. The Morgan fingerprint density at radius 1 is 0.889 bits per heavy atom. The zero-order valence-corrected chi connectivity index (χ0v) is 24.8. The number of hydrogen-bond donors (Lipinski definition) is 1. The molecule has 224 valence electrons. The summed E-state index contributed by atoms with van der Waals surface area (Å²) >= 11 is 0. The maximum Gasteiger partial charge on any atom is 0.234 e. The molecule has 1 saturated heterocycles. The van der Waals surface area contributed by atoms with Crippen molar-refractivity contribution >= 4 is 28.8 Å². The summed E-state index contributed by atoms with van der Waals surface area (Å²) in [6.45, 7) is 4.21. The fraction of sp³-hybridized carbons (Fsp3) is 0.206. The minimum atomic E-state index is -0.315. The topological polar surface area (TPSA) is 114 Å². The molecule has 0 radical (unpaired) electrons. The molecule has 11 heteroatoms. The second kappa shape index (κ2) is 11.8. The summed E-state index contributed by atoms with van der Waals surface area (Å²) in [6.07, 6.45) is 3.03. The minimum absolute atomic E-state index is 0.189. The Labute approximate surface area is 260 Å². The predicted molar refractivity (Wildman–Crippen MR) is 172 cm³/mol. The molecule has 1 fully saturated rings. The number of nitrogen functional groups attached to an aromatic ring is 1. The third-order valence-electron chi connectivity index (χ3n) is 8.43. The molecule has 5 heterocycles. The number of halogens is 1. The van der Waals surface area contributed by atoms with E-state index in [-0.39, 0.29) is 17.8 Å². The molecule has 0 saturated carbocycles. The lowest BCUT2D eigenvalue weighted by Crippen LogP contribution is -2.46.